The predicted octanol–water partition coefficient (Wildman–Crippen LogP) is -3.05. The number of carboxylic acids is 1. The predicted molar refractivity (Wildman–Crippen MR) is 184 cm³/mol. The second-order valence-corrected chi connectivity index (χ2v) is 13.2. The second kappa shape index (κ2) is 21.2. The third-order valence-electron chi connectivity index (χ3n) is 8.20. The van der Waals surface area contributed by atoms with Gasteiger partial charge >= 0.3 is 11.9 Å². The van der Waals surface area contributed by atoms with Crippen molar-refractivity contribution in [2.24, 2.45) is 11.7 Å². The van der Waals surface area contributed by atoms with Crippen LogP contribution < -0.4 is 37.6 Å². The van der Waals surface area contributed by atoms with Crippen LogP contribution in [0.1, 0.15) is 79.6 Å². The quantitative estimate of drug-likeness (QED) is 0.0302. The Morgan fingerprint density at radius 1 is 0.887 bits per heavy atom. The third-order valence-corrected chi connectivity index (χ3v) is 8.20. The molecule has 1 fully saturated rings. The molecular weight excluding hydrogens is 702 g/mol. The van der Waals surface area contributed by atoms with Gasteiger partial charge in [-0.1, -0.05) is 25.5 Å². The zero-order valence-corrected chi connectivity index (χ0v) is 30.4. The minimum atomic E-state index is -1.90. The van der Waals surface area contributed by atoms with E-state index in [-0.39, 0.29) is 25.4 Å². The number of ether oxygens (including phenoxy) is 1. The summed E-state index contributed by atoms with van der Waals surface area (Å²) in [7, 11) is 0. The normalized spacial score (nSPS) is 16.2. The number of ketones is 1. The number of carbonyl (C=O) groups is 10. The maximum atomic E-state index is 13.2. The molecule has 53 heavy (non-hydrogen) atoms. The summed E-state index contributed by atoms with van der Waals surface area (Å²) in [5.41, 5.74) is 3.48. The number of hydrogen-bond acceptors (Lipinski definition) is 12. The highest BCUT2D eigenvalue weighted by atomic mass is 16.5. The maximum absolute atomic E-state index is 13.2. The van der Waals surface area contributed by atoms with Gasteiger partial charge in [0.1, 0.15) is 36.3 Å². The SMILES string of the molecule is C=CCOC(=O)CC[C@H](NC(=O)[C@H](CC(=O)O)NC(=O)C(=O)[C@H](C)NC(=O)C(C)(C)NC(=O)[C@@H](NC(=O)[C@@H](NC(C)=O)C1CCCC1)[C@@H](C)O)C(N)=O. The van der Waals surface area contributed by atoms with Gasteiger partial charge in [0.15, 0.2) is 0 Å². The summed E-state index contributed by atoms with van der Waals surface area (Å²) in [4.78, 5) is 125. The minimum Gasteiger partial charge on any atom is -0.481 e. The fourth-order valence-electron chi connectivity index (χ4n) is 5.29. The van der Waals surface area contributed by atoms with Gasteiger partial charge in [0, 0.05) is 13.3 Å². The van der Waals surface area contributed by atoms with Gasteiger partial charge in [-0.2, -0.15) is 0 Å². The van der Waals surface area contributed by atoms with Crippen molar-refractivity contribution in [3.05, 3.63) is 12.7 Å². The van der Waals surface area contributed by atoms with E-state index in [0.29, 0.717) is 12.8 Å². The Morgan fingerprint density at radius 3 is 2.00 bits per heavy atom. The molecule has 6 atom stereocenters. The molecule has 0 aliphatic heterocycles. The molecule has 1 aliphatic carbocycles. The molecule has 10 N–H and O–H groups in total. The first-order chi connectivity index (χ1) is 24.6. The highest BCUT2D eigenvalue weighted by Crippen LogP contribution is 2.28. The summed E-state index contributed by atoms with van der Waals surface area (Å²) in [5, 5.41) is 33.3. The van der Waals surface area contributed by atoms with Crippen molar-refractivity contribution < 1.29 is 62.9 Å². The number of aliphatic carboxylic acids is 1. The molecule has 0 spiro atoms. The number of carboxylic acid groups (broad SMARTS) is 1. The number of rotatable bonds is 22. The van der Waals surface area contributed by atoms with E-state index in [2.05, 4.69) is 33.2 Å². The van der Waals surface area contributed by atoms with E-state index in [9.17, 15) is 58.2 Å². The van der Waals surface area contributed by atoms with Gasteiger partial charge in [-0.25, -0.2) is 0 Å². The van der Waals surface area contributed by atoms with Crippen LogP contribution >= 0.6 is 0 Å². The van der Waals surface area contributed by atoms with Gasteiger partial charge in [0.25, 0.3) is 5.91 Å². The number of nitrogens with one attached hydrogen (secondary N) is 6. The summed E-state index contributed by atoms with van der Waals surface area (Å²) < 4.78 is 4.78. The minimum absolute atomic E-state index is 0.107. The number of primary amides is 1. The lowest BCUT2D eigenvalue weighted by atomic mass is 9.96. The average Bonchev–Trinajstić information content (AvgIpc) is 3.59. The Kier molecular flexibility index (Phi) is 18.3. The van der Waals surface area contributed by atoms with Crippen molar-refractivity contribution in [3.8, 4) is 0 Å². The fourth-order valence-corrected chi connectivity index (χ4v) is 5.29. The number of amides is 7. The van der Waals surface area contributed by atoms with Crippen LogP contribution in [0, 0.1) is 5.92 Å². The van der Waals surface area contributed by atoms with Crippen LogP contribution in [0.15, 0.2) is 12.7 Å². The van der Waals surface area contributed by atoms with Crippen molar-refractivity contribution in [2.75, 3.05) is 6.61 Å². The maximum Gasteiger partial charge on any atom is 0.306 e. The number of aliphatic hydroxyl groups is 1. The van der Waals surface area contributed by atoms with Crippen molar-refractivity contribution >= 4 is 59.1 Å². The van der Waals surface area contributed by atoms with Gasteiger partial charge in [0.05, 0.1) is 18.6 Å². The summed E-state index contributed by atoms with van der Waals surface area (Å²) in [5.74, 6) is -10.8. The molecule has 20 nitrogen and oxygen atoms in total. The number of Topliss-reactive ketones (excluding diaryl/α,β-unsaturated/α-hetero) is 1. The molecule has 0 radical (unpaired) electrons. The molecule has 0 heterocycles. The Labute approximate surface area is 306 Å². The summed E-state index contributed by atoms with van der Waals surface area (Å²) >= 11 is 0. The van der Waals surface area contributed by atoms with E-state index in [0.717, 1.165) is 19.8 Å². The van der Waals surface area contributed by atoms with E-state index in [1.807, 2.05) is 5.32 Å². The first-order valence-corrected chi connectivity index (χ1v) is 16.9. The zero-order valence-electron chi connectivity index (χ0n) is 30.4. The zero-order chi connectivity index (χ0) is 40.6. The number of carbonyl (C=O) groups excluding carboxylic acids is 9. The van der Waals surface area contributed by atoms with Crippen LogP contribution in [0.25, 0.3) is 0 Å². The monoisotopic (exact) mass is 753 g/mol. The van der Waals surface area contributed by atoms with Gasteiger partial charge in [0.2, 0.25) is 41.2 Å². The molecule has 296 valence electrons. The molecule has 0 aromatic carbocycles. The number of hydrogen-bond donors (Lipinski definition) is 9. The van der Waals surface area contributed by atoms with Crippen LogP contribution in [0.2, 0.25) is 0 Å². The lowest BCUT2D eigenvalue weighted by Crippen LogP contribution is -2.64. The van der Waals surface area contributed by atoms with Crippen LogP contribution in [0.5, 0.6) is 0 Å². The van der Waals surface area contributed by atoms with E-state index in [1.165, 1.54) is 33.8 Å². The lowest BCUT2D eigenvalue weighted by molar-refractivity contribution is -0.144. The van der Waals surface area contributed by atoms with Gasteiger partial charge in [-0.05, 0) is 52.9 Å². The highest BCUT2D eigenvalue weighted by Gasteiger charge is 2.39. The molecule has 1 rings (SSSR count). The van der Waals surface area contributed by atoms with Crippen molar-refractivity contribution in [3.63, 3.8) is 0 Å². The number of nitrogens with two attached hydrogens (primary N) is 1. The average molecular weight is 754 g/mol. The van der Waals surface area contributed by atoms with Gasteiger partial charge in [-0.3, -0.25) is 47.9 Å². The first-order valence-electron chi connectivity index (χ1n) is 16.9. The second-order valence-electron chi connectivity index (χ2n) is 13.2. The van der Waals surface area contributed by atoms with E-state index < -0.39 is 107 Å². The smallest absolute Gasteiger partial charge is 0.306 e. The lowest BCUT2D eigenvalue weighted by Gasteiger charge is -2.31. The standard InChI is InChI=1S/C33H51N7O13/c1-7-14-53-23(45)13-12-20(27(34)47)37-28(48)21(15-22(43)44)38-31(51)26(46)16(2)35-32(52)33(5,6)40-30(50)24(17(3)41)39-29(49)25(36-18(4)42)19-10-8-9-11-19/h7,16-17,19-21,24-25,41H,1,8-15H2,2-6H3,(H2,34,47)(H,35,52)(H,36,42)(H,37,48)(H,38,51)(H,39,49)(H,40,50)(H,43,44)/t16-,17+,20-,21-,24-,25-/m0/s1. The first kappa shape index (κ1) is 45.6. The summed E-state index contributed by atoms with van der Waals surface area (Å²) in [6, 6.07) is -7.49. The topological polar surface area (TPSA) is 319 Å². The summed E-state index contributed by atoms with van der Waals surface area (Å²) in [6.45, 7) is 9.32. The molecule has 0 bridgehead atoms. The van der Waals surface area contributed by atoms with Crippen LogP contribution in [0.3, 0.4) is 0 Å². The molecule has 1 aliphatic rings. The van der Waals surface area contributed by atoms with E-state index in [1.54, 1.807) is 0 Å². The third kappa shape index (κ3) is 15.4. The Morgan fingerprint density at radius 2 is 1.49 bits per heavy atom. The molecular formula is C33H51N7O13. The Hall–Kier alpha value is -5.40. The van der Waals surface area contributed by atoms with Crippen molar-refractivity contribution in [2.45, 2.75) is 121 Å². The van der Waals surface area contributed by atoms with E-state index in [4.69, 9.17) is 10.5 Å². The van der Waals surface area contributed by atoms with Crippen molar-refractivity contribution in [1.82, 2.24) is 31.9 Å². The van der Waals surface area contributed by atoms with Gasteiger partial charge < -0.3 is 52.6 Å². The Balaban J connectivity index is 2.95. The molecule has 20 heteroatoms. The fraction of sp³-hybridized carbons (Fsp3) is 0.636. The van der Waals surface area contributed by atoms with E-state index >= 15 is 0 Å². The van der Waals surface area contributed by atoms with Crippen LogP contribution in [-0.2, 0) is 52.7 Å². The van der Waals surface area contributed by atoms with Crippen LogP contribution in [0.4, 0.5) is 0 Å². The molecule has 0 unspecified atom stereocenters. The molecule has 7 amide bonds. The molecule has 0 saturated heterocycles. The number of aliphatic hydroxyl groups excluding tert-OH is 1. The highest BCUT2D eigenvalue weighted by molar-refractivity contribution is 6.38. The van der Waals surface area contributed by atoms with Crippen molar-refractivity contribution in [1.29, 1.82) is 0 Å². The Bertz CT molecular complexity index is 1430. The van der Waals surface area contributed by atoms with Crippen LogP contribution in [-0.4, -0.2) is 118 Å². The summed E-state index contributed by atoms with van der Waals surface area (Å²) in [6.07, 6.45) is 1.18. The van der Waals surface area contributed by atoms with Gasteiger partial charge in [-0.15, -0.1) is 0 Å². The molecule has 0 aromatic heterocycles. The molecule has 1 saturated carbocycles. The largest absolute Gasteiger partial charge is 0.481 e. The number of esters is 1. The molecule has 0 aromatic rings.